The normalized spacial score (nSPS) is 15.2. The largest absolute Gasteiger partial charge is 0.314 e. The summed E-state index contributed by atoms with van der Waals surface area (Å²) in [5, 5.41) is 8.15. The second kappa shape index (κ2) is 6.80. The fraction of sp³-hybridized carbons (Fsp3) is 0.786. The molecule has 0 aliphatic rings. The van der Waals surface area contributed by atoms with E-state index < -0.39 is 0 Å². The Hall–Kier alpha value is -0.830. The maximum absolute atomic E-state index is 4.60. The summed E-state index contributed by atoms with van der Waals surface area (Å²) in [6, 6.07) is 3.15. The van der Waals surface area contributed by atoms with E-state index in [1.54, 1.807) is 0 Å². The van der Waals surface area contributed by atoms with Crippen molar-refractivity contribution in [2.24, 2.45) is 5.92 Å². The number of hydrogen-bond acceptors (Lipinski definition) is 2. The third-order valence-electron chi connectivity index (χ3n) is 3.29. The molecule has 0 radical (unpaired) electrons. The molecule has 98 valence electrons. The molecule has 1 N–H and O–H groups in total. The van der Waals surface area contributed by atoms with Crippen molar-refractivity contribution in [1.82, 2.24) is 15.1 Å². The highest BCUT2D eigenvalue weighted by Crippen LogP contribution is 2.12. The zero-order valence-corrected chi connectivity index (χ0v) is 11.9. The molecule has 3 heteroatoms. The first kappa shape index (κ1) is 14.2. The predicted octanol–water partition coefficient (Wildman–Crippen LogP) is 3.03. The Morgan fingerprint density at radius 1 is 1.29 bits per heavy atom. The van der Waals surface area contributed by atoms with E-state index in [9.17, 15) is 0 Å². The summed E-state index contributed by atoms with van der Waals surface area (Å²) in [6.45, 7) is 12.2. The van der Waals surface area contributed by atoms with Gasteiger partial charge in [0.1, 0.15) is 0 Å². The molecule has 0 fully saturated rings. The lowest BCUT2D eigenvalue weighted by molar-refractivity contribution is 0.393. The Morgan fingerprint density at radius 2 is 2.00 bits per heavy atom. The monoisotopic (exact) mass is 237 g/mol. The van der Waals surface area contributed by atoms with Crippen LogP contribution in [-0.4, -0.2) is 22.4 Å². The lowest BCUT2D eigenvalue weighted by Gasteiger charge is -2.20. The van der Waals surface area contributed by atoms with Crippen LogP contribution in [0.1, 0.15) is 52.8 Å². The van der Waals surface area contributed by atoms with E-state index >= 15 is 0 Å². The number of aromatic nitrogens is 2. The molecule has 3 nitrogen and oxygen atoms in total. The molecule has 17 heavy (non-hydrogen) atoms. The van der Waals surface area contributed by atoms with Crippen molar-refractivity contribution in [3.8, 4) is 0 Å². The summed E-state index contributed by atoms with van der Waals surface area (Å²) < 4.78 is 2.03. The van der Waals surface area contributed by atoms with Crippen molar-refractivity contribution in [2.75, 3.05) is 6.54 Å². The van der Waals surface area contributed by atoms with Crippen molar-refractivity contribution in [1.29, 1.82) is 0 Å². The van der Waals surface area contributed by atoms with Gasteiger partial charge in [0, 0.05) is 18.3 Å². The average Bonchev–Trinajstić information content (AvgIpc) is 2.74. The van der Waals surface area contributed by atoms with Crippen LogP contribution in [0.4, 0.5) is 0 Å². The van der Waals surface area contributed by atoms with Crippen molar-refractivity contribution in [3.05, 3.63) is 18.0 Å². The van der Waals surface area contributed by atoms with Gasteiger partial charge in [0.25, 0.3) is 0 Å². The van der Waals surface area contributed by atoms with Crippen LogP contribution in [0.25, 0.3) is 0 Å². The third-order valence-corrected chi connectivity index (χ3v) is 3.29. The van der Waals surface area contributed by atoms with Gasteiger partial charge in [0.15, 0.2) is 0 Å². The van der Waals surface area contributed by atoms with Crippen LogP contribution in [-0.2, 0) is 6.42 Å². The van der Waals surface area contributed by atoms with Gasteiger partial charge in [-0.1, -0.05) is 13.8 Å². The highest BCUT2D eigenvalue weighted by Gasteiger charge is 2.13. The second-order valence-electron chi connectivity index (χ2n) is 5.31. The van der Waals surface area contributed by atoms with Crippen LogP contribution in [0.2, 0.25) is 0 Å². The molecule has 0 aromatic carbocycles. The topological polar surface area (TPSA) is 29.9 Å². The Bertz CT molecular complexity index is 317. The minimum Gasteiger partial charge on any atom is -0.314 e. The third kappa shape index (κ3) is 4.50. The van der Waals surface area contributed by atoms with E-state index in [0.29, 0.717) is 18.0 Å². The van der Waals surface area contributed by atoms with Gasteiger partial charge in [0.2, 0.25) is 0 Å². The molecule has 0 bridgehead atoms. The van der Waals surface area contributed by atoms with Crippen LogP contribution in [0, 0.1) is 5.92 Å². The zero-order chi connectivity index (χ0) is 12.8. The van der Waals surface area contributed by atoms with E-state index in [1.165, 1.54) is 12.1 Å². The molecular formula is C14H27N3. The van der Waals surface area contributed by atoms with Crippen molar-refractivity contribution in [2.45, 2.75) is 59.5 Å². The van der Waals surface area contributed by atoms with E-state index in [0.717, 1.165) is 13.0 Å². The lowest BCUT2D eigenvalue weighted by Crippen LogP contribution is -2.33. The van der Waals surface area contributed by atoms with Gasteiger partial charge in [-0.2, -0.15) is 5.10 Å². The average molecular weight is 237 g/mol. The van der Waals surface area contributed by atoms with Crippen LogP contribution >= 0.6 is 0 Å². The fourth-order valence-corrected chi connectivity index (χ4v) is 1.85. The first-order valence-corrected chi connectivity index (χ1v) is 6.82. The van der Waals surface area contributed by atoms with Gasteiger partial charge >= 0.3 is 0 Å². The molecule has 1 heterocycles. The molecule has 2 unspecified atom stereocenters. The van der Waals surface area contributed by atoms with E-state index in [4.69, 9.17) is 0 Å². The molecule has 1 aromatic rings. The fourth-order valence-electron chi connectivity index (χ4n) is 1.85. The molecule has 0 saturated heterocycles. The summed E-state index contributed by atoms with van der Waals surface area (Å²) in [4.78, 5) is 0. The SMILES string of the molecule is CCCNC(C)C(C)Cc1ccn(C(C)C)n1. The van der Waals surface area contributed by atoms with Crippen LogP contribution < -0.4 is 5.32 Å². The van der Waals surface area contributed by atoms with Crippen LogP contribution in [0.15, 0.2) is 12.3 Å². The van der Waals surface area contributed by atoms with Crippen molar-refractivity contribution in [3.63, 3.8) is 0 Å². The predicted molar refractivity (Wildman–Crippen MR) is 73.2 cm³/mol. The minimum absolute atomic E-state index is 0.453. The van der Waals surface area contributed by atoms with Crippen LogP contribution in [0.3, 0.4) is 0 Å². The second-order valence-corrected chi connectivity index (χ2v) is 5.31. The summed E-state index contributed by atoms with van der Waals surface area (Å²) in [5.74, 6) is 0.622. The van der Waals surface area contributed by atoms with Gasteiger partial charge < -0.3 is 5.32 Å². The maximum atomic E-state index is 4.60. The number of rotatable bonds is 7. The molecule has 0 amide bonds. The maximum Gasteiger partial charge on any atom is 0.0627 e. The molecule has 1 aromatic heterocycles. The molecule has 0 aliphatic carbocycles. The summed E-state index contributed by atoms with van der Waals surface area (Å²) in [5.41, 5.74) is 1.20. The quantitative estimate of drug-likeness (QED) is 0.790. The number of hydrogen-bond donors (Lipinski definition) is 1. The first-order chi connectivity index (χ1) is 8.04. The highest BCUT2D eigenvalue weighted by atomic mass is 15.3. The van der Waals surface area contributed by atoms with Crippen LogP contribution in [0.5, 0.6) is 0 Å². The van der Waals surface area contributed by atoms with Gasteiger partial charge in [-0.3, -0.25) is 4.68 Å². The van der Waals surface area contributed by atoms with E-state index in [2.05, 4.69) is 57.3 Å². The summed E-state index contributed by atoms with van der Waals surface area (Å²) in [7, 11) is 0. The number of nitrogens with one attached hydrogen (secondary N) is 1. The Kier molecular flexibility index (Phi) is 5.69. The standard InChI is InChI=1S/C14H27N3/c1-6-8-15-13(5)12(4)10-14-7-9-17(16-14)11(2)3/h7,9,11-13,15H,6,8,10H2,1-5H3. The Balaban J connectivity index is 2.46. The lowest BCUT2D eigenvalue weighted by atomic mass is 9.98. The Labute approximate surface area is 106 Å². The smallest absolute Gasteiger partial charge is 0.0627 e. The first-order valence-electron chi connectivity index (χ1n) is 6.82. The molecule has 0 spiro atoms. The molecular weight excluding hydrogens is 210 g/mol. The molecule has 2 atom stereocenters. The minimum atomic E-state index is 0.453. The van der Waals surface area contributed by atoms with E-state index in [1.807, 2.05) is 4.68 Å². The molecule has 0 aliphatic heterocycles. The van der Waals surface area contributed by atoms with Crippen molar-refractivity contribution >= 4 is 0 Å². The van der Waals surface area contributed by atoms with E-state index in [-0.39, 0.29) is 0 Å². The highest BCUT2D eigenvalue weighted by molar-refractivity contribution is 5.01. The van der Waals surface area contributed by atoms with Gasteiger partial charge in [-0.15, -0.1) is 0 Å². The zero-order valence-electron chi connectivity index (χ0n) is 11.9. The van der Waals surface area contributed by atoms with Gasteiger partial charge in [-0.25, -0.2) is 0 Å². The Morgan fingerprint density at radius 3 is 2.53 bits per heavy atom. The summed E-state index contributed by atoms with van der Waals surface area (Å²) >= 11 is 0. The summed E-state index contributed by atoms with van der Waals surface area (Å²) in [6.07, 6.45) is 4.33. The molecule has 1 rings (SSSR count). The van der Waals surface area contributed by atoms with Gasteiger partial charge in [-0.05, 0) is 52.1 Å². The molecule has 0 saturated carbocycles. The number of nitrogens with zero attached hydrogens (tertiary/aromatic N) is 2. The van der Waals surface area contributed by atoms with Gasteiger partial charge in [0.05, 0.1) is 5.69 Å². The van der Waals surface area contributed by atoms with Crippen molar-refractivity contribution < 1.29 is 0 Å².